The number of hydrogen-bond acceptors (Lipinski definition) is 4. The van der Waals surface area contributed by atoms with Gasteiger partial charge in [0.2, 0.25) is 0 Å². The van der Waals surface area contributed by atoms with Gasteiger partial charge in [0.15, 0.2) is 0 Å². The van der Waals surface area contributed by atoms with Crippen LogP contribution in [0, 0.1) is 0 Å². The molecule has 1 aromatic heterocycles. The minimum Gasteiger partial charge on any atom is -0.379 e. The average Bonchev–Trinajstić information content (AvgIpc) is 2.49. The van der Waals surface area contributed by atoms with Gasteiger partial charge >= 0.3 is 0 Å². The Hall–Kier alpha value is -1.00. The first-order valence-electron chi connectivity index (χ1n) is 7.55. The van der Waals surface area contributed by atoms with Gasteiger partial charge in [-0.05, 0) is 18.9 Å². The van der Waals surface area contributed by atoms with Gasteiger partial charge in [-0.15, -0.1) is 0 Å². The minimum absolute atomic E-state index is 0.371. The minimum atomic E-state index is 0.371. The maximum Gasteiger partial charge on any atom is 0.130 e. The maximum absolute atomic E-state index is 5.48. The Kier molecular flexibility index (Phi) is 4.41. The molecule has 0 amide bonds. The molecule has 4 nitrogen and oxygen atoms in total. The van der Waals surface area contributed by atoms with Crippen LogP contribution in [0.5, 0.6) is 0 Å². The Morgan fingerprint density at radius 3 is 2.95 bits per heavy atom. The van der Waals surface area contributed by atoms with Gasteiger partial charge in [-0.2, -0.15) is 0 Å². The third kappa shape index (κ3) is 3.51. The molecular weight excluding hydrogens is 238 g/mol. The van der Waals surface area contributed by atoms with Crippen LogP contribution in [0.3, 0.4) is 0 Å². The van der Waals surface area contributed by atoms with Gasteiger partial charge in [-0.3, -0.25) is 0 Å². The van der Waals surface area contributed by atoms with E-state index in [0.717, 1.165) is 32.0 Å². The van der Waals surface area contributed by atoms with Crippen molar-refractivity contribution < 1.29 is 4.74 Å². The third-order valence-electron chi connectivity index (χ3n) is 4.18. The van der Waals surface area contributed by atoms with Gasteiger partial charge in [0, 0.05) is 36.8 Å². The predicted molar refractivity (Wildman–Crippen MR) is 74.2 cm³/mol. The van der Waals surface area contributed by atoms with Crippen molar-refractivity contribution in [3.05, 3.63) is 23.8 Å². The average molecular weight is 261 g/mol. The second-order valence-corrected chi connectivity index (χ2v) is 5.66. The molecule has 104 valence electrons. The first-order valence-corrected chi connectivity index (χ1v) is 7.55. The summed E-state index contributed by atoms with van der Waals surface area (Å²) in [6.07, 6.45) is 9.47. The Labute approximate surface area is 115 Å². The summed E-state index contributed by atoms with van der Waals surface area (Å²) in [5.41, 5.74) is 1.25. The van der Waals surface area contributed by atoms with Crippen molar-refractivity contribution in [3.8, 4) is 0 Å². The molecule has 2 aliphatic rings. The largest absolute Gasteiger partial charge is 0.379 e. The number of aromatic nitrogens is 2. The molecule has 2 heterocycles. The molecule has 2 fully saturated rings. The molecule has 0 aromatic carbocycles. The molecule has 1 atom stereocenters. The highest BCUT2D eigenvalue weighted by Gasteiger charge is 2.19. The quantitative estimate of drug-likeness (QED) is 0.904. The van der Waals surface area contributed by atoms with Gasteiger partial charge in [-0.25, -0.2) is 9.97 Å². The second-order valence-electron chi connectivity index (χ2n) is 5.66. The molecule has 0 spiro atoms. The summed E-state index contributed by atoms with van der Waals surface area (Å²) in [6.45, 7) is 2.53. The first-order chi connectivity index (χ1) is 9.42. The Bertz CT molecular complexity index is 398. The summed E-state index contributed by atoms with van der Waals surface area (Å²) in [6, 6.07) is 2.47. The van der Waals surface area contributed by atoms with E-state index in [4.69, 9.17) is 9.72 Å². The van der Waals surface area contributed by atoms with E-state index in [0.29, 0.717) is 12.0 Å². The third-order valence-corrected chi connectivity index (χ3v) is 4.18. The summed E-state index contributed by atoms with van der Waals surface area (Å²) in [7, 11) is 0. The maximum atomic E-state index is 5.48. The smallest absolute Gasteiger partial charge is 0.130 e. The molecule has 0 bridgehead atoms. The molecule has 1 unspecified atom stereocenters. The molecule has 1 aromatic rings. The molecule has 3 rings (SSSR count). The highest BCUT2D eigenvalue weighted by atomic mass is 16.5. The van der Waals surface area contributed by atoms with E-state index in [9.17, 15) is 0 Å². The van der Waals surface area contributed by atoms with Gasteiger partial charge in [0.1, 0.15) is 5.82 Å². The van der Waals surface area contributed by atoms with Gasteiger partial charge in [0.25, 0.3) is 0 Å². The number of rotatable bonds is 3. The number of nitrogens with one attached hydrogen (secondary N) is 1. The highest BCUT2D eigenvalue weighted by Crippen LogP contribution is 2.31. The van der Waals surface area contributed by atoms with Crippen LogP contribution in [-0.2, 0) is 11.2 Å². The topological polar surface area (TPSA) is 47.0 Å². The van der Waals surface area contributed by atoms with Crippen LogP contribution < -0.4 is 5.32 Å². The molecule has 1 saturated heterocycles. The van der Waals surface area contributed by atoms with E-state index in [1.54, 1.807) is 0 Å². The van der Waals surface area contributed by atoms with Crippen molar-refractivity contribution in [2.45, 2.75) is 50.5 Å². The van der Waals surface area contributed by atoms with Crippen molar-refractivity contribution in [1.82, 2.24) is 15.3 Å². The van der Waals surface area contributed by atoms with Crippen LogP contribution >= 0.6 is 0 Å². The highest BCUT2D eigenvalue weighted by molar-refractivity contribution is 5.10. The summed E-state index contributed by atoms with van der Waals surface area (Å²) in [4.78, 5) is 9.21. The lowest BCUT2D eigenvalue weighted by Crippen LogP contribution is -2.42. The molecule has 1 aliphatic heterocycles. The van der Waals surface area contributed by atoms with Crippen molar-refractivity contribution in [3.63, 3.8) is 0 Å². The number of nitrogens with zero attached hydrogens (tertiary/aromatic N) is 2. The fourth-order valence-electron chi connectivity index (χ4n) is 3.11. The van der Waals surface area contributed by atoms with Gasteiger partial charge in [-0.1, -0.05) is 19.3 Å². The molecular formula is C15H23N3O. The SMILES string of the molecule is c1cc(C2CCCCC2)nc(CC2COCCN2)n1. The van der Waals surface area contributed by atoms with Crippen LogP contribution in [0.4, 0.5) is 0 Å². The Morgan fingerprint density at radius 1 is 1.26 bits per heavy atom. The van der Waals surface area contributed by atoms with E-state index in [1.807, 2.05) is 6.20 Å². The monoisotopic (exact) mass is 261 g/mol. The summed E-state index contributed by atoms with van der Waals surface area (Å²) in [5, 5.41) is 3.46. The van der Waals surface area contributed by atoms with Crippen molar-refractivity contribution in [1.29, 1.82) is 0 Å². The zero-order chi connectivity index (χ0) is 12.9. The van der Waals surface area contributed by atoms with Crippen LogP contribution in [0.1, 0.15) is 49.5 Å². The lowest BCUT2D eigenvalue weighted by atomic mass is 9.87. The van der Waals surface area contributed by atoms with E-state index >= 15 is 0 Å². The van der Waals surface area contributed by atoms with E-state index in [1.165, 1.54) is 37.8 Å². The van der Waals surface area contributed by atoms with Crippen LogP contribution in [0.15, 0.2) is 12.3 Å². The molecule has 1 saturated carbocycles. The van der Waals surface area contributed by atoms with Gasteiger partial charge in [0.05, 0.1) is 13.2 Å². The fraction of sp³-hybridized carbons (Fsp3) is 0.733. The van der Waals surface area contributed by atoms with E-state index < -0.39 is 0 Å². The summed E-state index contributed by atoms with van der Waals surface area (Å²) in [5.74, 6) is 1.62. The van der Waals surface area contributed by atoms with Crippen LogP contribution in [-0.4, -0.2) is 35.8 Å². The Morgan fingerprint density at radius 2 is 2.16 bits per heavy atom. The lowest BCUT2D eigenvalue weighted by molar-refractivity contribution is 0.0763. The summed E-state index contributed by atoms with van der Waals surface area (Å²) < 4.78 is 5.48. The zero-order valence-corrected chi connectivity index (χ0v) is 11.5. The Balaban J connectivity index is 1.64. The number of hydrogen-bond donors (Lipinski definition) is 1. The molecule has 1 N–H and O–H groups in total. The van der Waals surface area contributed by atoms with Crippen molar-refractivity contribution >= 4 is 0 Å². The normalized spacial score (nSPS) is 25.4. The number of morpholine rings is 1. The van der Waals surface area contributed by atoms with E-state index in [-0.39, 0.29) is 0 Å². The molecule has 19 heavy (non-hydrogen) atoms. The number of ether oxygens (including phenoxy) is 1. The van der Waals surface area contributed by atoms with Crippen molar-refractivity contribution in [2.75, 3.05) is 19.8 Å². The standard InChI is InChI=1S/C15H23N3O/c1-2-4-12(5-3-1)14-6-7-17-15(18-14)10-13-11-19-9-8-16-13/h6-7,12-13,16H,1-5,8-11H2. The van der Waals surface area contributed by atoms with Crippen LogP contribution in [0.25, 0.3) is 0 Å². The fourth-order valence-corrected chi connectivity index (χ4v) is 3.11. The molecule has 4 heteroatoms. The second kappa shape index (κ2) is 6.44. The molecule has 0 radical (unpaired) electrons. The first kappa shape index (κ1) is 13.0. The summed E-state index contributed by atoms with van der Waals surface area (Å²) >= 11 is 0. The van der Waals surface area contributed by atoms with Crippen LogP contribution in [0.2, 0.25) is 0 Å². The zero-order valence-electron chi connectivity index (χ0n) is 11.5. The lowest BCUT2D eigenvalue weighted by Gasteiger charge is -2.24. The van der Waals surface area contributed by atoms with E-state index in [2.05, 4.69) is 16.4 Å². The van der Waals surface area contributed by atoms with Gasteiger partial charge < -0.3 is 10.1 Å². The predicted octanol–water partition coefficient (Wildman–Crippen LogP) is 2.06. The van der Waals surface area contributed by atoms with Crippen molar-refractivity contribution in [2.24, 2.45) is 0 Å². The molecule has 1 aliphatic carbocycles.